The van der Waals surface area contributed by atoms with E-state index in [9.17, 15) is 19.5 Å². The standard InChI is InChI=1S/C35H23ClN2O4/c36-26-16-14-19(37-33(40)25-15-13-18-7-1-2-8-20(18)32(25)39)17-27(26)38-34(41)30-28-21-9-3-4-10-22(21)29(31(30)35(38)42)24-12-6-5-11-23(24)28/h1-17,28-31,39H,(H,37,40)/t28?,29?,30-,31-/m1/s1. The smallest absolute Gasteiger partial charge is 0.259 e. The van der Waals surface area contributed by atoms with Gasteiger partial charge in [0.15, 0.2) is 0 Å². The topological polar surface area (TPSA) is 86.7 Å². The van der Waals surface area contributed by atoms with Crippen LogP contribution < -0.4 is 10.2 Å². The monoisotopic (exact) mass is 570 g/mol. The number of aromatic hydroxyl groups is 1. The van der Waals surface area contributed by atoms with E-state index in [1.165, 1.54) is 4.90 Å². The molecule has 4 aliphatic rings. The molecule has 204 valence electrons. The molecule has 6 nitrogen and oxygen atoms in total. The van der Waals surface area contributed by atoms with Gasteiger partial charge in [-0.15, -0.1) is 0 Å². The summed E-state index contributed by atoms with van der Waals surface area (Å²) in [6, 6.07) is 31.5. The summed E-state index contributed by atoms with van der Waals surface area (Å²) in [5, 5.41) is 15.2. The van der Waals surface area contributed by atoms with Crippen LogP contribution in [0.5, 0.6) is 5.75 Å². The molecule has 7 heteroatoms. The molecule has 3 amide bonds. The van der Waals surface area contributed by atoms with Crippen molar-refractivity contribution in [3.05, 3.63) is 136 Å². The second-order valence-corrected chi connectivity index (χ2v) is 11.5. The maximum absolute atomic E-state index is 14.2. The van der Waals surface area contributed by atoms with Crippen molar-refractivity contribution in [3.8, 4) is 5.75 Å². The number of halogens is 1. The fourth-order valence-electron chi connectivity index (χ4n) is 7.31. The Bertz CT molecular complexity index is 1890. The van der Waals surface area contributed by atoms with Gasteiger partial charge in [0.1, 0.15) is 5.75 Å². The number of hydrogen-bond donors (Lipinski definition) is 2. The zero-order valence-corrected chi connectivity index (χ0v) is 22.9. The van der Waals surface area contributed by atoms with Crippen molar-refractivity contribution in [2.75, 3.05) is 10.2 Å². The Labute approximate surface area is 246 Å². The third-order valence-electron chi connectivity index (χ3n) is 9.04. The average molecular weight is 571 g/mol. The molecule has 0 radical (unpaired) electrons. The molecule has 5 aromatic rings. The number of benzene rings is 5. The largest absolute Gasteiger partial charge is 0.506 e. The predicted molar refractivity (Wildman–Crippen MR) is 161 cm³/mol. The summed E-state index contributed by atoms with van der Waals surface area (Å²) in [4.78, 5) is 42.8. The molecule has 2 bridgehead atoms. The summed E-state index contributed by atoms with van der Waals surface area (Å²) in [6.45, 7) is 0. The fraction of sp³-hybridized carbons (Fsp3) is 0.114. The summed E-state index contributed by atoms with van der Waals surface area (Å²) in [7, 11) is 0. The molecule has 1 heterocycles. The van der Waals surface area contributed by atoms with Crippen LogP contribution in [-0.2, 0) is 9.59 Å². The van der Waals surface area contributed by atoms with E-state index < -0.39 is 17.7 Å². The summed E-state index contributed by atoms with van der Waals surface area (Å²) >= 11 is 6.62. The van der Waals surface area contributed by atoms with E-state index in [1.807, 2.05) is 36.4 Å². The number of imide groups is 1. The molecule has 2 N–H and O–H groups in total. The Morgan fingerprint density at radius 2 is 1.26 bits per heavy atom. The molecule has 2 atom stereocenters. The number of hydrogen-bond acceptors (Lipinski definition) is 4. The van der Waals surface area contributed by atoms with E-state index in [0.29, 0.717) is 11.1 Å². The van der Waals surface area contributed by atoms with E-state index in [0.717, 1.165) is 27.6 Å². The average Bonchev–Trinajstić information content (AvgIpc) is 3.28. The summed E-state index contributed by atoms with van der Waals surface area (Å²) in [6.07, 6.45) is 0. The van der Waals surface area contributed by atoms with Gasteiger partial charge < -0.3 is 10.4 Å². The highest BCUT2D eigenvalue weighted by molar-refractivity contribution is 6.36. The molecule has 0 spiro atoms. The summed E-state index contributed by atoms with van der Waals surface area (Å²) in [5.74, 6) is -2.78. The molecule has 42 heavy (non-hydrogen) atoms. The van der Waals surface area contributed by atoms with Crippen LogP contribution in [0.1, 0.15) is 44.4 Å². The van der Waals surface area contributed by atoms with Crippen molar-refractivity contribution in [3.63, 3.8) is 0 Å². The van der Waals surface area contributed by atoms with Gasteiger partial charge in [0.2, 0.25) is 11.8 Å². The van der Waals surface area contributed by atoms with Gasteiger partial charge in [-0.25, -0.2) is 4.90 Å². The van der Waals surface area contributed by atoms with E-state index in [1.54, 1.807) is 42.5 Å². The van der Waals surface area contributed by atoms with Crippen molar-refractivity contribution < 1.29 is 19.5 Å². The number of amides is 3. The van der Waals surface area contributed by atoms with Gasteiger partial charge in [0.05, 0.1) is 28.1 Å². The second-order valence-electron chi connectivity index (χ2n) is 11.1. The normalized spacial score (nSPS) is 21.7. The lowest BCUT2D eigenvalue weighted by Crippen LogP contribution is -2.41. The van der Waals surface area contributed by atoms with Crippen molar-refractivity contribution in [2.24, 2.45) is 11.8 Å². The van der Waals surface area contributed by atoms with Gasteiger partial charge in [-0.3, -0.25) is 14.4 Å². The number of phenols is 1. The van der Waals surface area contributed by atoms with Gasteiger partial charge >= 0.3 is 0 Å². The van der Waals surface area contributed by atoms with Crippen LogP contribution in [-0.4, -0.2) is 22.8 Å². The van der Waals surface area contributed by atoms with E-state index in [-0.39, 0.29) is 45.7 Å². The molecule has 3 aliphatic carbocycles. The number of carbonyl (C=O) groups is 3. The first-order valence-electron chi connectivity index (χ1n) is 13.8. The van der Waals surface area contributed by atoms with Crippen molar-refractivity contribution in [1.82, 2.24) is 0 Å². The van der Waals surface area contributed by atoms with Gasteiger partial charge in [-0.1, -0.05) is 90.5 Å². The van der Waals surface area contributed by atoms with Crippen LogP contribution in [0.25, 0.3) is 10.8 Å². The molecule has 1 saturated heterocycles. The molecular formula is C35H23ClN2O4. The van der Waals surface area contributed by atoms with E-state index >= 15 is 0 Å². The van der Waals surface area contributed by atoms with Crippen LogP contribution in [0.3, 0.4) is 0 Å². The minimum absolute atomic E-state index is 0.108. The lowest BCUT2D eigenvalue weighted by molar-refractivity contribution is -0.122. The highest BCUT2D eigenvalue weighted by Crippen LogP contribution is 2.61. The Kier molecular flexibility index (Phi) is 5.34. The van der Waals surface area contributed by atoms with Crippen molar-refractivity contribution in [1.29, 1.82) is 0 Å². The minimum Gasteiger partial charge on any atom is -0.506 e. The summed E-state index contributed by atoms with van der Waals surface area (Å²) < 4.78 is 0. The molecule has 0 unspecified atom stereocenters. The quantitative estimate of drug-likeness (QED) is 0.232. The number of carbonyl (C=O) groups excluding carboxylic acids is 3. The molecule has 0 aromatic heterocycles. The lowest BCUT2D eigenvalue weighted by atomic mass is 9.55. The van der Waals surface area contributed by atoms with Crippen molar-refractivity contribution in [2.45, 2.75) is 11.8 Å². The van der Waals surface area contributed by atoms with Crippen LogP contribution in [0.15, 0.2) is 103 Å². The fourth-order valence-corrected chi connectivity index (χ4v) is 7.52. The Hall–Kier alpha value is -4.94. The third-order valence-corrected chi connectivity index (χ3v) is 9.36. The molecular weight excluding hydrogens is 548 g/mol. The SMILES string of the molecule is O=C(Nc1ccc(Cl)c(N2C(=O)[C@@H]3C4c5ccccc5C(c5ccccc54)[C@H]3C2=O)c1)c1ccc2ccccc2c1O. The first-order valence-corrected chi connectivity index (χ1v) is 14.2. The zero-order chi connectivity index (χ0) is 28.7. The molecule has 1 aliphatic heterocycles. The molecule has 1 fully saturated rings. The van der Waals surface area contributed by atoms with Crippen LogP contribution in [0, 0.1) is 11.8 Å². The lowest BCUT2D eigenvalue weighted by Gasteiger charge is -2.45. The van der Waals surface area contributed by atoms with E-state index in [2.05, 4.69) is 29.6 Å². The third kappa shape index (κ3) is 3.36. The summed E-state index contributed by atoms with van der Waals surface area (Å²) in [5.41, 5.74) is 5.05. The number of fused-ring (bicyclic) bond motifs is 1. The van der Waals surface area contributed by atoms with Gasteiger partial charge in [-0.05, 0) is 51.9 Å². The van der Waals surface area contributed by atoms with Crippen LogP contribution in [0.2, 0.25) is 5.02 Å². The number of nitrogens with zero attached hydrogens (tertiary/aromatic N) is 1. The maximum atomic E-state index is 14.2. The van der Waals surface area contributed by atoms with Gasteiger partial charge in [0, 0.05) is 22.9 Å². The zero-order valence-electron chi connectivity index (χ0n) is 22.1. The predicted octanol–water partition coefficient (Wildman–Crippen LogP) is 6.85. The molecule has 0 saturated carbocycles. The molecule has 5 aromatic carbocycles. The van der Waals surface area contributed by atoms with Crippen LogP contribution >= 0.6 is 11.6 Å². The first kappa shape index (κ1) is 24.8. The Balaban J connectivity index is 1.16. The number of nitrogens with one attached hydrogen (secondary N) is 1. The van der Waals surface area contributed by atoms with E-state index in [4.69, 9.17) is 11.6 Å². The number of rotatable bonds is 3. The Morgan fingerprint density at radius 1 is 0.714 bits per heavy atom. The Morgan fingerprint density at radius 3 is 1.86 bits per heavy atom. The highest BCUT2D eigenvalue weighted by atomic mass is 35.5. The van der Waals surface area contributed by atoms with Gasteiger partial charge in [0.25, 0.3) is 5.91 Å². The van der Waals surface area contributed by atoms with Crippen molar-refractivity contribution >= 4 is 51.5 Å². The highest BCUT2D eigenvalue weighted by Gasteiger charge is 2.62. The number of phenolic OH excluding ortho intramolecular Hbond substituents is 1. The van der Waals surface area contributed by atoms with Gasteiger partial charge in [-0.2, -0.15) is 0 Å². The minimum atomic E-state index is -0.545. The van der Waals surface area contributed by atoms with Crippen LogP contribution in [0.4, 0.5) is 11.4 Å². The molecule has 9 rings (SSSR count). The first-order chi connectivity index (χ1) is 20.4. The maximum Gasteiger partial charge on any atom is 0.259 e. The number of anilines is 2. The second kappa shape index (κ2) is 9.03.